The van der Waals surface area contributed by atoms with Crippen molar-refractivity contribution in [3.05, 3.63) is 31.9 Å². The standard InChI is InChI=1S/C12H16ClI/c1-3-5-7-9-10(8-6-4-2)12(14)11(9)13/h7-8H,3-6H2,1-2H3/b9-7-,10-8-. The van der Waals surface area contributed by atoms with E-state index in [4.69, 9.17) is 11.6 Å². The number of halogens is 2. The fraction of sp³-hybridized carbons (Fsp3) is 0.500. The Morgan fingerprint density at radius 1 is 1.07 bits per heavy atom. The topological polar surface area (TPSA) is 0 Å². The molecule has 0 atom stereocenters. The van der Waals surface area contributed by atoms with Crippen LogP contribution in [0.4, 0.5) is 0 Å². The van der Waals surface area contributed by atoms with Crippen LogP contribution in [0.2, 0.25) is 0 Å². The third-order valence-corrected chi connectivity index (χ3v) is 4.06. The summed E-state index contributed by atoms with van der Waals surface area (Å²) >= 11 is 8.46. The van der Waals surface area contributed by atoms with Crippen molar-refractivity contribution >= 4 is 34.2 Å². The van der Waals surface area contributed by atoms with Crippen LogP contribution in [0.25, 0.3) is 0 Å². The molecule has 0 aromatic rings. The lowest BCUT2D eigenvalue weighted by Gasteiger charge is -2.23. The summed E-state index contributed by atoms with van der Waals surface area (Å²) in [5.41, 5.74) is 2.64. The molecule has 2 heteroatoms. The van der Waals surface area contributed by atoms with E-state index < -0.39 is 0 Å². The molecule has 0 saturated heterocycles. The summed E-state index contributed by atoms with van der Waals surface area (Å²) in [6, 6.07) is 0. The average Bonchev–Trinajstić information content (AvgIpc) is 2.21. The van der Waals surface area contributed by atoms with E-state index >= 15 is 0 Å². The van der Waals surface area contributed by atoms with Crippen LogP contribution in [0.15, 0.2) is 31.9 Å². The molecule has 0 aromatic carbocycles. The molecule has 0 spiro atoms. The molecule has 1 rings (SSSR count). The normalized spacial score (nSPS) is 22.0. The van der Waals surface area contributed by atoms with Crippen molar-refractivity contribution in [2.45, 2.75) is 39.5 Å². The molecule has 1 aliphatic rings. The van der Waals surface area contributed by atoms with Gasteiger partial charge in [0.05, 0.1) is 5.03 Å². The second-order valence-electron chi connectivity index (χ2n) is 3.44. The number of unbranched alkanes of at least 4 members (excludes halogenated alkanes) is 2. The predicted molar refractivity (Wildman–Crippen MR) is 72.9 cm³/mol. The second-order valence-corrected chi connectivity index (χ2v) is 4.90. The van der Waals surface area contributed by atoms with Gasteiger partial charge in [-0.2, -0.15) is 0 Å². The van der Waals surface area contributed by atoms with Gasteiger partial charge in [-0.3, -0.25) is 0 Å². The highest BCUT2D eigenvalue weighted by atomic mass is 127. The first kappa shape index (κ1) is 12.3. The molecule has 0 aliphatic heterocycles. The zero-order chi connectivity index (χ0) is 10.6. The summed E-state index contributed by atoms with van der Waals surface area (Å²) in [5.74, 6) is 0. The lowest BCUT2D eigenvalue weighted by atomic mass is 9.92. The maximum absolute atomic E-state index is 6.14. The Kier molecular flexibility index (Phi) is 5.24. The third kappa shape index (κ3) is 2.63. The summed E-state index contributed by atoms with van der Waals surface area (Å²) in [4.78, 5) is 0. The van der Waals surface area contributed by atoms with Crippen molar-refractivity contribution in [1.29, 1.82) is 0 Å². The molecule has 0 fully saturated rings. The van der Waals surface area contributed by atoms with Crippen LogP contribution in [0, 0.1) is 0 Å². The zero-order valence-corrected chi connectivity index (χ0v) is 11.7. The molecule has 0 heterocycles. The molecule has 1 aliphatic carbocycles. The molecule has 0 amide bonds. The highest BCUT2D eigenvalue weighted by Crippen LogP contribution is 2.46. The first-order valence-corrected chi connectivity index (χ1v) is 6.64. The fourth-order valence-corrected chi connectivity index (χ4v) is 2.47. The van der Waals surface area contributed by atoms with E-state index in [0.717, 1.165) is 17.9 Å². The largest absolute Gasteiger partial charge is 0.0825 e. The summed E-state index contributed by atoms with van der Waals surface area (Å²) in [5, 5.41) is 0.960. The molecule has 0 aromatic heterocycles. The Morgan fingerprint density at radius 3 is 2.07 bits per heavy atom. The van der Waals surface area contributed by atoms with Gasteiger partial charge in [0.2, 0.25) is 0 Å². The Morgan fingerprint density at radius 2 is 1.57 bits per heavy atom. The molecule has 0 unspecified atom stereocenters. The van der Waals surface area contributed by atoms with Gasteiger partial charge in [-0.05, 0) is 46.6 Å². The number of allylic oxidation sites excluding steroid dienone is 6. The van der Waals surface area contributed by atoms with Gasteiger partial charge in [0.1, 0.15) is 0 Å². The molecule has 14 heavy (non-hydrogen) atoms. The smallest absolute Gasteiger partial charge is 0.0621 e. The van der Waals surface area contributed by atoms with E-state index in [9.17, 15) is 0 Å². The molecule has 78 valence electrons. The molecule has 0 N–H and O–H groups in total. The minimum absolute atomic E-state index is 0.960. The van der Waals surface area contributed by atoms with Gasteiger partial charge in [0, 0.05) is 3.58 Å². The SMILES string of the molecule is CCC/C=C1C(Cl)=C(I)C\1=C/CCC. The minimum atomic E-state index is 0.960. The van der Waals surface area contributed by atoms with Gasteiger partial charge in [0.25, 0.3) is 0 Å². The number of rotatable bonds is 4. The zero-order valence-electron chi connectivity index (χ0n) is 8.74. The van der Waals surface area contributed by atoms with Crippen LogP contribution >= 0.6 is 34.2 Å². The summed E-state index contributed by atoms with van der Waals surface area (Å²) < 4.78 is 1.24. The molecule has 0 nitrogen and oxygen atoms in total. The van der Waals surface area contributed by atoms with E-state index in [1.807, 2.05) is 0 Å². The Labute approximate surface area is 105 Å². The first-order valence-electron chi connectivity index (χ1n) is 5.19. The summed E-state index contributed by atoms with van der Waals surface area (Å²) in [7, 11) is 0. The van der Waals surface area contributed by atoms with Crippen LogP contribution < -0.4 is 0 Å². The summed E-state index contributed by atoms with van der Waals surface area (Å²) in [6.45, 7) is 4.39. The molecular formula is C12H16ClI. The number of hydrogen-bond donors (Lipinski definition) is 0. The van der Waals surface area contributed by atoms with Crippen LogP contribution in [-0.4, -0.2) is 0 Å². The molecule has 0 radical (unpaired) electrons. The van der Waals surface area contributed by atoms with E-state index in [-0.39, 0.29) is 0 Å². The monoisotopic (exact) mass is 322 g/mol. The Hall–Kier alpha value is 0.240. The quantitative estimate of drug-likeness (QED) is 0.613. The van der Waals surface area contributed by atoms with Crippen molar-refractivity contribution < 1.29 is 0 Å². The van der Waals surface area contributed by atoms with Crippen molar-refractivity contribution in [3.63, 3.8) is 0 Å². The van der Waals surface area contributed by atoms with Gasteiger partial charge in [0.15, 0.2) is 0 Å². The van der Waals surface area contributed by atoms with E-state index in [0.29, 0.717) is 0 Å². The van der Waals surface area contributed by atoms with Gasteiger partial charge >= 0.3 is 0 Å². The van der Waals surface area contributed by atoms with E-state index in [1.54, 1.807) is 0 Å². The van der Waals surface area contributed by atoms with E-state index in [1.165, 1.54) is 27.6 Å². The van der Waals surface area contributed by atoms with Gasteiger partial charge < -0.3 is 0 Å². The van der Waals surface area contributed by atoms with Crippen LogP contribution in [-0.2, 0) is 0 Å². The average molecular weight is 323 g/mol. The van der Waals surface area contributed by atoms with Crippen molar-refractivity contribution in [3.8, 4) is 0 Å². The van der Waals surface area contributed by atoms with Crippen molar-refractivity contribution in [2.75, 3.05) is 0 Å². The first-order chi connectivity index (χ1) is 6.72. The minimum Gasteiger partial charge on any atom is -0.0825 e. The van der Waals surface area contributed by atoms with Gasteiger partial charge in [-0.1, -0.05) is 50.4 Å². The lowest BCUT2D eigenvalue weighted by molar-refractivity contribution is 0.940. The third-order valence-electron chi connectivity index (χ3n) is 2.23. The van der Waals surface area contributed by atoms with E-state index in [2.05, 4.69) is 48.6 Å². The lowest BCUT2D eigenvalue weighted by Crippen LogP contribution is -2.04. The second kappa shape index (κ2) is 5.96. The van der Waals surface area contributed by atoms with Crippen LogP contribution in [0.1, 0.15) is 39.5 Å². The Balaban J connectivity index is 2.78. The fourth-order valence-electron chi connectivity index (χ4n) is 1.39. The van der Waals surface area contributed by atoms with Crippen LogP contribution in [0.3, 0.4) is 0 Å². The highest BCUT2D eigenvalue weighted by Gasteiger charge is 2.24. The predicted octanol–water partition coefficient (Wildman–Crippen LogP) is 5.34. The number of hydrogen-bond acceptors (Lipinski definition) is 0. The van der Waals surface area contributed by atoms with Crippen molar-refractivity contribution in [1.82, 2.24) is 0 Å². The Bertz CT molecular complexity index is 267. The maximum Gasteiger partial charge on any atom is 0.0621 e. The molecular weight excluding hydrogens is 306 g/mol. The molecule has 0 saturated carbocycles. The maximum atomic E-state index is 6.14. The molecule has 0 bridgehead atoms. The van der Waals surface area contributed by atoms with Crippen LogP contribution in [0.5, 0.6) is 0 Å². The van der Waals surface area contributed by atoms with Crippen molar-refractivity contribution in [2.24, 2.45) is 0 Å². The highest BCUT2D eigenvalue weighted by molar-refractivity contribution is 14.1. The van der Waals surface area contributed by atoms with Gasteiger partial charge in [-0.25, -0.2) is 0 Å². The van der Waals surface area contributed by atoms with Gasteiger partial charge in [-0.15, -0.1) is 0 Å². The summed E-state index contributed by atoms with van der Waals surface area (Å²) in [6.07, 6.45) is 9.22.